The van der Waals surface area contributed by atoms with Crippen LogP contribution in [0.15, 0.2) is 24.3 Å². The first-order valence-corrected chi connectivity index (χ1v) is 8.93. The van der Waals surface area contributed by atoms with E-state index in [-0.39, 0.29) is 17.7 Å². The van der Waals surface area contributed by atoms with Gasteiger partial charge in [0.15, 0.2) is 0 Å². The van der Waals surface area contributed by atoms with Gasteiger partial charge in [0.05, 0.1) is 0 Å². The minimum atomic E-state index is -0.0721. The number of nitrogens with one attached hydrogen (secondary N) is 2. The Kier molecular flexibility index (Phi) is 7.75. The number of carbonyl (C=O) groups is 2. The second-order valence-electron chi connectivity index (χ2n) is 6.26. The normalized spacial score (nSPS) is 13.5. The first-order valence-electron chi connectivity index (χ1n) is 8.93. The van der Waals surface area contributed by atoms with Crippen LogP contribution in [0.25, 0.3) is 0 Å². The van der Waals surface area contributed by atoms with Crippen LogP contribution in [-0.2, 0) is 16.1 Å². The molecule has 1 aliphatic carbocycles. The Labute approximate surface area is 144 Å². The zero-order valence-corrected chi connectivity index (χ0v) is 14.5. The van der Waals surface area contributed by atoms with Gasteiger partial charge in [-0.15, -0.1) is 0 Å². The van der Waals surface area contributed by atoms with E-state index >= 15 is 0 Å². The molecule has 1 aromatic carbocycles. The average Bonchev–Trinajstić information content (AvgIpc) is 3.44. The van der Waals surface area contributed by atoms with Crippen LogP contribution in [0.5, 0.6) is 0 Å². The molecule has 1 saturated carbocycles. The molecule has 2 N–H and O–H groups in total. The summed E-state index contributed by atoms with van der Waals surface area (Å²) in [6.45, 7) is 4.75. The predicted octanol–water partition coefficient (Wildman–Crippen LogP) is 2.65. The van der Waals surface area contributed by atoms with Crippen molar-refractivity contribution in [2.24, 2.45) is 5.92 Å². The van der Waals surface area contributed by atoms with E-state index in [9.17, 15) is 9.59 Å². The maximum absolute atomic E-state index is 12.0. The number of ether oxygens (including phenoxy) is 1. The van der Waals surface area contributed by atoms with E-state index in [0.717, 1.165) is 44.3 Å². The quantitative estimate of drug-likeness (QED) is 0.612. The number of rotatable bonds is 11. The third-order valence-corrected chi connectivity index (χ3v) is 4.02. The summed E-state index contributed by atoms with van der Waals surface area (Å²) in [6.07, 6.45) is 5.06. The summed E-state index contributed by atoms with van der Waals surface area (Å²) in [5, 5.41) is 5.81. The van der Waals surface area contributed by atoms with E-state index in [1.807, 2.05) is 12.1 Å². The Hall–Kier alpha value is -1.88. The van der Waals surface area contributed by atoms with Crippen molar-refractivity contribution in [3.63, 3.8) is 0 Å². The van der Waals surface area contributed by atoms with E-state index < -0.39 is 0 Å². The van der Waals surface area contributed by atoms with Crippen LogP contribution in [0.1, 0.15) is 54.9 Å². The molecule has 2 rings (SSSR count). The van der Waals surface area contributed by atoms with Gasteiger partial charge in [-0.2, -0.15) is 0 Å². The summed E-state index contributed by atoms with van der Waals surface area (Å²) in [4.78, 5) is 23.6. The monoisotopic (exact) mass is 332 g/mol. The number of carbonyl (C=O) groups excluding carboxylic acids is 2. The SMILES string of the molecule is CCCCOCCCNC(=O)c1ccc(CNC(=O)C2CC2)cc1. The van der Waals surface area contributed by atoms with Gasteiger partial charge in [0.1, 0.15) is 0 Å². The Morgan fingerprint density at radius 1 is 1.08 bits per heavy atom. The molecular weight excluding hydrogens is 304 g/mol. The molecule has 5 heteroatoms. The van der Waals surface area contributed by atoms with Crippen LogP contribution in [0.2, 0.25) is 0 Å². The van der Waals surface area contributed by atoms with Crippen molar-refractivity contribution in [2.45, 2.75) is 45.6 Å². The fourth-order valence-corrected chi connectivity index (χ4v) is 2.28. The topological polar surface area (TPSA) is 67.4 Å². The molecule has 0 aliphatic heterocycles. The highest BCUT2D eigenvalue weighted by Crippen LogP contribution is 2.28. The molecule has 0 bridgehead atoms. The molecule has 24 heavy (non-hydrogen) atoms. The maximum atomic E-state index is 12.0. The smallest absolute Gasteiger partial charge is 0.251 e. The van der Waals surface area contributed by atoms with Gasteiger partial charge in [-0.1, -0.05) is 25.5 Å². The second-order valence-corrected chi connectivity index (χ2v) is 6.26. The van der Waals surface area contributed by atoms with Crippen molar-refractivity contribution < 1.29 is 14.3 Å². The fraction of sp³-hybridized carbons (Fsp3) is 0.579. The van der Waals surface area contributed by atoms with Gasteiger partial charge in [-0.05, 0) is 43.4 Å². The van der Waals surface area contributed by atoms with Gasteiger partial charge in [0.25, 0.3) is 5.91 Å². The molecule has 0 atom stereocenters. The lowest BCUT2D eigenvalue weighted by Crippen LogP contribution is -2.26. The average molecular weight is 332 g/mol. The van der Waals surface area contributed by atoms with E-state index in [2.05, 4.69) is 17.6 Å². The molecule has 0 heterocycles. The van der Waals surface area contributed by atoms with Gasteiger partial charge >= 0.3 is 0 Å². The van der Waals surface area contributed by atoms with E-state index in [4.69, 9.17) is 4.74 Å². The fourth-order valence-electron chi connectivity index (χ4n) is 2.28. The molecule has 1 aromatic rings. The third-order valence-electron chi connectivity index (χ3n) is 4.02. The lowest BCUT2D eigenvalue weighted by molar-refractivity contribution is -0.122. The first-order chi connectivity index (χ1) is 11.7. The molecule has 0 saturated heterocycles. The molecule has 0 aromatic heterocycles. The van der Waals surface area contributed by atoms with Crippen molar-refractivity contribution in [1.82, 2.24) is 10.6 Å². The van der Waals surface area contributed by atoms with Crippen LogP contribution in [0, 0.1) is 5.92 Å². The molecule has 132 valence electrons. The highest BCUT2D eigenvalue weighted by atomic mass is 16.5. The van der Waals surface area contributed by atoms with Crippen molar-refractivity contribution in [3.8, 4) is 0 Å². The predicted molar refractivity (Wildman–Crippen MR) is 93.7 cm³/mol. The summed E-state index contributed by atoms with van der Waals surface area (Å²) < 4.78 is 5.46. The van der Waals surface area contributed by atoms with Crippen molar-refractivity contribution in [3.05, 3.63) is 35.4 Å². The Morgan fingerprint density at radius 3 is 2.46 bits per heavy atom. The molecule has 0 radical (unpaired) electrons. The molecule has 0 unspecified atom stereocenters. The van der Waals surface area contributed by atoms with E-state index in [0.29, 0.717) is 25.3 Å². The summed E-state index contributed by atoms with van der Waals surface area (Å²) in [5.74, 6) is 0.288. The zero-order chi connectivity index (χ0) is 17.2. The maximum Gasteiger partial charge on any atom is 0.251 e. The van der Waals surface area contributed by atoms with Crippen LogP contribution >= 0.6 is 0 Å². The second kappa shape index (κ2) is 10.1. The van der Waals surface area contributed by atoms with Gasteiger partial charge in [0.2, 0.25) is 5.91 Å². The largest absolute Gasteiger partial charge is 0.381 e. The third kappa shape index (κ3) is 6.71. The van der Waals surface area contributed by atoms with Gasteiger partial charge in [-0.25, -0.2) is 0 Å². The molecule has 5 nitrogen and oxygen atoms in total. The van der Waals surface area contributed by atoms with Crippen LogP contribution < -0.4 is 10.6 Å². The van der Waals surface area contributed by atoms with Crippen molar-refractivity contribution >= 4 is 11.8 Å². The molecule has 1 fully saturated rings. The summed E-state index contributed by atoms with van der Waals surface area (Å²) in [7, 11) is 0. The lowest BCUT2D eigenvalue weighted by atomic mass is 10.1. The van der Waals surface area contributed by atoms with Crippen LogP contribution in [0.3, 0.4) is 0 Å². The Bertz CT molecular complexity index is 524. The number of hydrogen-bond donors (Lipinski definition) is 2. The van der Waals surface area contributed by atoms with E-state index in [1.165, 1.54) is 0 Å². The minimum Gasteiger partial charge on any atom is -0.381 e. The van der Waals surface area contributed by atoms with E-state index in [1.54, 1.807) is 12.1 Å². The molecule has 0 spiro atoms. The molecule has 2 amide bonds. The lowest BCUT2D eigenvalue weighted by Gasteiger charge is -2.08. The van der Waals surface area contributed by atoms with Crippen LogP contribution in [0.4, 0.5) is 0 Å². The summed E-state index contributed by atoms with van der Waals surface area (Å²) in [5.41, 5.74) is 1.64. The molecule has 1 aliphatic rings. The molecular formula is C19H28N2O3. The summed E-state index contributed by atoms with van der Waals surface area (Å²) in [6, 6.07) is 7.36. The number of amides is 2. The number of benzene rings is 1. The number of hydrogen-bond acceptors (Lipinski definition) is 3. The van der Waals surface area contributed by atoms with Gasteiger partial charge < -0.3 is 15.4 Å². The zero-order valence-electron chi connectivity index (χ0n) is 14.5. The van der Waals surface area contributed by atoms with Gasteiger partial charge in [0, 0.05) is 37.8 Å². The summed E-state index contributed by atoms with van der Waals surface area (Å²) >= 11 is 0. The minimum absolute atomic E-state index is 0.0721. The van der Waals surface area contributed by atoms with Crippen LogP contribution in [-0.4, -0.2) is 31.6 Å². The standard InChI is InChI=1S/C19H28N2O3/c1-2-3-12-24-13-4-11-20-18(22)16-7-5-15(6-8-16)14-21-19(23)17-9-10-17/h5-8,17H,2-4,9-14H2,1H3,(H,20,22)(H,21,23). The Morgan fingerprint density at radius 2 is 1.79 bits per heavy atom. The van der Waals surface area contributed by atoms with Crippen molar-refractivity contribution in [1.29, 1.82) is 0 Å². The highest BCUT2D eigenvalue weighted by Gasteiger charge is 2.29. The van der Waals surface area contributed by atoms with Gasteiger partial charge in [-0.3, -0.25) is 9.59 Å². The number of unbranched alkanes of at least 4 members (excludes halogenated alkanes) is 1. The highest BCUT2D eigenvalue weighted by molar-refractivity contribution is 5.94. The first kappa shape index (κ1) is 18.5. The van der Waals surface area contributed by atoms with Crippen molar-refractivity contribution in [2.75, 3.05) is 19.8 Å². The Balaban J connectivity index is 1.62.